The molecule has 0 bridgehead atoms. The van der Waals surface area contributed by atoms with Gasteiger partial charge in [0.1, 0.15) is 0 Å². The molecule has 5 heteroatoms. The molecule has 2 N–H and O–H groups in total. The summed E-state index contributed by atoms with van der Waals surface area (Å²) in [6.07, 6.45) is 0.250. The average molecular weight is 296 g/mol. The Balaban J connectivity index is 1.69. The first-order valence-corrected chi connectivity index (χ1v) is 7.08. The van der Waals surface area contributed by atoms with Gasteiger partial charge in [0.15, 0.2) is 5.58 Å². The van der Waals surface area contributed by atoms with Crippen LogP contribution in [0.2, 0.25) is 0 Å². The Morgan fingerprint density at radius 3 is 2.77 bits per heavy atom. The van der Waals surface area contributed by atoms with Gasteiger partial charge in [-0.3, -0.25) is 9.78 Å². The lowest BCUT2D eigenvalue weighted by Crippen LogP contribution is -2.28. The summed E-state index contributed by atoms with van der Waals surface area (Å²) in [4.78, 5) is 25.8. The number of fused-ring (bicyclic) bond motifs is 1. The summed E-state index contributed by atoms with van der Waals surface area (Å²) in [5.41, 5.74) is 2.98. The number of hydrogen-bond donors (Lipinski definition) is 2. The summed E-state index contributed by atoms with van der Waals surface area (Å²) >= 11 is 0. The zero-order chi connectivity index (χ0) is 15.5. The zero-order valence-corrected chi connectivity index (χ0v) is 12.1. The number of oxazole rings is 1. The van der Waals surface area contributed by atoms with Gasteiger partial charge in [-0.05, 0) is 30.2 Å². The zero-order valence-electron chi connectivity index (χ0n) is 12.1. The first kappa shape index (κ1) is 14.1. The van der Waals surface area contributed by atoms with Crippen molar-refractivity contribution in [1.82, 2.24) is 10.3 Å². The number of carbonyl (C=O) groups excluding carboxylic acids is 1. The van der Waals surface area contributed by atoms with Crippen LogP contribution in [-0.4, -0.2) is 10.9 Å². The molecule has 112 valence electrons. The van der Waals surface area contributed by atoms with Crippen molar-refractivity contribution in [1.29, 1.82) is 0 Å². The number of nitrogens with one attached hydrogen (secondary N) is 2. The number of amides is 1. The summed E-state index contributed by atoms with van der Waals surface area (Å²) in [7, 11) is 0. The van der Waals surface area contributed by atoms with Crippen LogP contribution >= 0.6 is 0 Å². The van der Waals surface area contributed by atoms with E-state index in [4.69, 9.17) is 4.42 Å². The normalized spacial score (nSPS) is 12.2. The summed E-state index contributed by atoms with van der Waals surface area (Å²) in [5.74, 6) is -0.559. The molecule has 0 saturated heterocycles. The molecule has 1 amide bonds. The lowest BCUT2D eigenvalue weighted by atomic mass is 10.1. The van der Waals surface area contributed by atoms with Gasteiger partial charge >= 0.3 is 5.76 Å². The quantitative estimate of drug-likeness (QED) is 0.777. The Kier molecular flexibility index (Phi) is 3.78. The Hall–Kier alpha value is -2.82. The standard InChI is InChI=1S/C17H16N2O3/c1-11(13-5-3-2-4-6-13)18-16(20)10-12-7-8-15-14(9-12)19-17(21)22-15/h2-9,11H,10H2,1H3,(H,18,20)(H,19,21). The van der Waals surface area contributed by atoms with Gasteiger partial charge in [-0.15, -0.1) is 0 Å². The molecule has 0 aliphatic carbocycles. The maximum absolute atomic E-state index is 12.1. The van der Waals surface area contributed by atoms with Crippen LogP contribution in [0.3, 0.4) is 0 Å². The van der Waals surface area contributed by atoms with Crippen LogP contribution in [0.25, 0.3) is 11.1 Å². The Labute approximate surface area is 127 Å². The molecule has 0 spiro atoms. The molecule has 3 rings (SSSR count). The first-order chi connectivity index (χ1) is 10.6. The molecule has 1 unspecified atom stereocenters. The topological polar surface area (TPSA) is 75.1 Å². The maximum Gasteiger partial charge on any atom is 0.417 e. The highest BCUT2D eigenvalue weighted by Crippen LogP contribution is 2.14. The molecule has 3 aromatic rings. The number of hydrogen-bond acceptors (Lipinski definition) is 3. The van der Waals surface area contributed by atoms with E-state index in [2.05, 4.69) is 10.3 Å². The van der Waals surface area contributed by atoms with Crippen LogP contribution in [0, 0.1) is 0 Å². The lowest BCUT2D eigenvalue weighted by Gasteiger charge is -2.14. The fraction of sp³-hybridized carbons (Fsp3) is 0.176. The molecule has 0 aliphatic heterocycles. The molecule has 5 nitrogen and oxygen atoms in total. The summed E-state index contributed by atoms with van der Waals surface area (Å²) in [5, 5.41) is 2.96. The van der Waals surface area contributed by atoms with Crippen LogP contribution < -0.4 is 11.1 Å². The SMILES string of the molecule is CC(NC(=O)Cc1ccc2oc(=O)[nH]c2c1)c1ccccc1. The molecule has 0 saturated carbocycles. The number of carbonyl (C=O) groups is 1. The van der Waals surface area contributed by atoms with E-state index in [1.165, 1.54) is 0 Å². The van der Waals surface area contributed by atoms with Crippen LogP contribution in [-0.2, 0) is 11.2 Å². The minimum atomic E-state index is -0.491. The summed E-state index contributed by atoms with van der Waals surface area (Å²) < 4.78 is 4.94. The van der Waals surface area contributed by atoms with Crippen LogP contribution in [0.15, 0.2) is 57.7 Å². The molecular weight excluding hydrogens is 280 g/mol. The number of H-pyrrole nitrogens is 1. The van der Waals surface area contributed by atoms with Gasteiger partial charge in [-0.2, -0.15) is 0 Å². The second-order valence-electron chi connectivity index (χ2n) is 5.22. The average Bonchev–Trinajstić information content (AvgIpc) is 2.87. The van der Waals surface area contributed by atoms with E-state index in [1.807, 2.05) is 37.3 Å². The van der Waals surface area contributed by atoms with Gasteiger partial charge in [-0.1, -0.05) is 36.4 Å². The highest BCUT2D eigenvalue weighted by molar-refractivity contribution is 5.81. The third kappa shape index (κ3) is 3.09. The van der Waals surface area contributed by atoms with Crippen LogP contribution in [0.5, 0.6) is 0 Å². The fourth-order valence-electron chi connectivity index (χ4n) is 2.41. The van der Waals surface area contributed by atoms with Crippen molar-refractivity contribution in [3.8, 4) is 0 Å². The summed E-state index contributed by atoms with van der Waals surface area (Å²) in [6.45, 7) is 1.95. The second kappa shape index (κ2) is 5.89. The predicted molar refractivity (Wildman–Crippen MR) is 83.5 cm³/mol. The predicted octanol–water partition coefficient (Wildman–Crippen LogP) is 2.54. The summed E-state index contributed by atoms with van der Waals surface area (Å²) in [6, 6.07) is 15.0. The van der Waals surface area contributed by atoms with Crippen molar-refractivity contribution in [2.45, 2.75) is 19.4 Å². The van der Waals surface area contributed by atoms with E-state index in [0.717, 1.165) is 11.1 Å². The number of aromatic nitrogens is 1. The van der Waals surface area contributed by atoms with Crippen LogP contribution in [0.1, 0.15) is 24.1 Å². The van der Waals surface area contributed by atoms with Crippen LogP contribution in [0.4, 0.5) is 0 Å². The molecular formula is C17H16N2O3. The monoisotopic (exact) mass is 296 g/mol. The van der Waals surface area contributed by atoms with Crippen molar-refractivity contribution in [3.63, 3.8) is 0 Å². The Bertz CT molecular complexity index is 849. The minimum Gasteiger partial charge on any atom is -0.408 e. The van der Waals surface area contributed by atoms with E-state index in [-0.39, 0.29) is 18.4 Å². The van der Waals surface area contributed by atoms with Crippen molar-refractivity contribution in [2.75, 3.05) is 0 Å². The van der Waals surface area contributed by atoms with Crippen molar-refractivity contribution < 1.29 is 9.21 Å². The van der Waals surface area contributed by atoms with E-state index < -0.39 is 5.76 Å². The van der Waals surface area contributed by atoms with E-state index >= 15 is 0 Å². The number of aromatic amines is 1. The smallest absolute Gasteiger partial charge is 0.408 e. The molecule has 0 radical (unpaired) electrons. The van der Waals surface area contributed by atoms with Crippen molar-refractivity contribution in [3.05, 3.63) is 70.2 Å². The van der Waals surface area contributed by atoms with Gasteiger partial charge in [0.2, 0.25) is 5.91 Å². The third-order valence-electron chi connectivity index (χ3n) is 3.53. The molecule has 22 heavy (non-hydrogen) atoms. The second-order valence-corrected chi connectivity index (χ2v) is 5.22. The molecule has 1 heterocycles. The lowest BCUT2D eigenvalue weighted by molar-refractivity contribution is -0.121. The van der Waals surface area contributed by atoms with E-state index in [1.54, 1.807) is 18.2 Å². The molecule has 1 atom stereocenters. The molecule has 1 aromatic heterocycles. The Morgan fingerprint density at radius 2 is 2.00 bits per heavy atom. The Morgan fingerprint density at radius 1 is 1.23 bits per heavy atom. The highest BCUT2D eigenvalue weighted by atomic mass is 16.4. The number of rotatable bonds is 4. The van der Waals surface area contributed by atoms with Gasteiger partial charge < -0.3 is 9.73 Å². The van der Waals surface area contributed by atoms with E-state index in [9.17, 15) is 9.59 Å². The van der Waals surface area contributed by atoms with Crippen molar-refractivity contribution >= 4 is 17.0 Å². The van der Waals surface area contributed by atoms with Gasteiger partial charge in [0, 0.05) is 0 Å². The highest BCUT2D eigenvalue weighted by Gasteiger charge is 2.11. The molecule has 2 aromatic carbocycles. The first-order valence-electron chi connectivity index (χ1n) is 7.08. The fourth-order valence-corrected chi connectivity index (χ4v) is 2.41. The largest absolute Gasteiger partial charge is 0.417 e. The third-order valence-corrected chi connectivity index (χ3v) is 3.53. The van der Waals surface area contributed by atoms with Crippen molar-refractivity contribution in [2.24, 2.45) is 0 Å². The minimum absolute atomic E-state index is 0.0498. The molecule has 0 fully saturated rings. The van der Waals surface area contributed by atoms with Gasteiger partial charge in [0.05, 0.1) is 18.0 Å². The van der Waals surface area contributed by atoms with Gasteiger partial charge in [0.25, 0.3) is 0 Å². The molecule has 0 aliphatic rings. The van der Waals surface area contributed by atoms with Gasteiger partial charge in [-0.25, -0.2) is 4.79 Å². The number of benzene rings is 2. The maximum atomic E-state index is 12.1. The van der Waals surface area contributed by atoms with E-state index in [0.29, 0.717) is 11.1 Å².